The van der Waals surface area contributed by atoms with Gasteiger partial charge >= 0.3 is 0 Å². The average molecular weight is 300 g/mol. The number of amidine groups is 1. The van der Waals surface area contributed by atoms with Gasteiger partial charge in [-0.3, -0.25) is 9.78 Å². The number of nitrogens with zero attached hydrogens (tertiary/aromatic N) is 2. The molecule has 1 unspecified atom stereocenters. The van der Waals surface area contributed by atoms with E-state index in [1.165, 1.54) is 0 Å². The summed E-state index contributed by atoms with van der Waals surface area (Å²) in [5.41, 5.74) is 8.17. The van der Waals surface area contributed by atoms with Crippen molar-refractivity contribution in [3.8, 4) is 0 Å². The Hall–Kier alpha value is -2.01. The normalized spacial score (nSPS) is 25.6. The third-order valence-electron chi connectivity index (χ3n) is 3.89. The van der Waals surface area contributed by atoms with Crippen LogP contribution in [0.25, 0.3) is 0 Å². The van der Waals surface area contributed by atoms with Gasteiger partial charge in [0.2, 0.25) is 5.91 Å². The lowest BCUT2D eigenvalue weighted by atomic mass is 9.96. The molecule has 5 nitrogen and oxygen atoms in total. The van der Waals surface area contributed by atoms with Crippen molar-refractivity contribution >= 4 is 11.7 Å². The van der Waals surface area contributed by atoms with Crippen molar-refractivity contribution in [3.63, 3.8) is 0 Å². The smallest absolute Gasteiger partial charge is 0.225 e. The minimum atomic E-state index is -0.0782. The number of carbonyl (C=O) groups excluding carboxylic acids is 1. The number of amides is 1. The van der Waals surface area contributed by atoms with Gasteiger partial charge in [0, 0.05) is 30.8 Å². The van der Waals surface area contributed by atoms with Crippen molar-refractivity contribution in [3.05, 3.63) is 41.9 Å². The molecule has 22 heavy (non-hydrogen) atoms. The lowest BCUT2D eigenvalue weighted by Crippen LogP contribution is -2.34. The third-order valence-corrected chi connectivity index (χ3v) is 3.89. The van der Waals surface area contributed by atoms with E-state index < -0.39 is 0 Å². The molecular weight excluding hydrogens is 276 g/mol. The molecule has 0 spiro atoms. The number of pyridine rings is 1. The van der Waals surface area contributed by atoms with Crippen molar-refractivity contribution in [2.75, 3.05) is 0 Å². The molecular formula is C17H24N4O. The zero-order valence-electron chi connectivity index (χ0n) is 13.2. The fraction of sp³-hybridized carbons (Fsp3) is 0.471. The number of aromatic nitrogens is 1. The number of carbonyl (C=O) groups is 1. The molecule has 1 aromatic rings. The molecule has 1 aliphatic rings. The molecule has 0 aromatic carbocycles. The molecule has 0 radical (unpaired) electrons. The Morgan fingerprint density at radius 2 is 2.27 bits per heavy atom. The van der Waals surface area contributed by atoms with E-state index in [1.54, 1.807) is 12.4 Å². The summed E-state index contributed by atoms with van der Waals surface area (Å²) in [6.45, 7) is 3.93. The van der Waals surface area contributed by atoms with E-state index in [4.69, 9.17) is 5.73 Å². The van der Waals surface area contributed by atoms with E-state index in [0.717, 1.165) is 30.5 Å². The van der Waals surface area contributed by atoms with Crippen LogP contribution in [0.4, 0.5) is 0 Å². The number of hydrogen-bond donors (Lipinski definition) is 2. The van der Waals surface area contributed by atoms with E-state index in [2.05, 4.69) is 15.3 Å². The molecule has 118 valence electrons. The first-order valence-electron chi connectivity index (χ1n) is 7.82. The molecule has 1 aliphatic heterocycles. The summed E-state index contributed by atoms with van der Waals surface area (Å²) in [4.78, 5) is 20.8. The lowest BCUT2D eigenvalue weighted by molar-refractivity contribution is -0.119. The summed E-state index contributed by atoms with van der Waals surface area (Å²) in [6, 6.07) is 3.89. The number of fused-ring (bicyclic) bond motifs is 2. The molecule has 2 heterocycles. The van der Waals surface area contributed by atoms with E-state index in [1.807, 2.05) is 32.1 Å². The summed E-state index contributed by atoms with van der Waals surface area (Å²) in [6.07, 6.45) is 8.40. The number of aliphatic imine (C=N–C) groups is 1. The van der Waals surface area contributed by atoms with E-state index in [9.17, 15) is 4.79 Å². The van der Waals surface area contributed by atoms with Crippen molar-refractivity contribution in [1.82, 2.24) is 10.3 Å². The van der Waals surface area contributed by atoms with Gasteiger partial charge in [-0.25, -0.2) is 4.99 Å². The minimum Gasteiger partial charge on any atom is -0.323 e. The molecule has 5 heteroatoms. The average Bonchev–Trinajstić information content (AvgIpc) is 2.54. The highest BCUT2D eigenvalue weighted by Gasteiger charge is 2.18. The summed E-state index contributed by atoms with van der Waals surface area (Å²) in [5, 5.41) is 2.95. The molecule has 0 fully saturated rings. The Kier molecular flexibility index (Phi) is 5.83. The van der Waals surface area contributed by atoms with Crippen LogP contribution >= 0.6 is 0 Å². The maximum atomic E-state index is 12.1. The Morgan fingerprint density at radius 3 is 3.05 bits per heavy atom. The molecule has 1 aromatic heterocycles. The minimum absolute atomic E-state index is 0.0125. The highest BCUT2D eigenvalue weighted by Crippen LogP contribution is 2.22. The van der Waals surface area contributed by atoms with E-state index in [0.29, 0.717) is 12.3 Å². The first-order valence-corrected chi connectivity index (χ1v) is 7.82. The monoisotopic (exact) mass is 300 g/mol. The maximum Gasteiger partial charge on any atom is 0.225 e. The number of nitrogens with two attached hydrogens (primary N) is 1. The molecule has 2 rings (SSSR count). The van der Waals surface area contributed by atoms with Gasteiger partial charge in [-0.1, -0.05) is 19.4 Å². The standard InChI is InChI=1S/C17H24N4O/c1-3-9-20-17-12(2)13-8-10-19-15(11-13)14(18)6-4-5-7-16(22)21-17/h3,8-12,14H,4-7,18H2,1-2H3,(H,20,21,22)/b9-3-/t12?,14-/m0/s1. The van der Waals surface area contributed by atoms with Gasteiger partial charge in [-0.05, 0) is 37.5 Å². The SMILES string of the molecule is C/C=C\N=C1NC(=O)CCCC[C@H](N)c2cc(ccn2)C1C. The van der Waals surface area contributed by atoms with Crippen LogP contribution in [0.2, 0.25) is 0 Å². The number of nitrogens with one attached hydrogen (secondary N) is 1. The molecule has 1 amide bonds. The van der Waals surface area contributed by atoms with Gasteiger partial charge in [0.1, 0.15) is 5.84 Å². The number of rotatable bonds is 1. The van der Waals surface area contributed by atoms with Crippen LogP contribution < -0.4 is 11.1 Å². The second-order valence-corrected chi connectivity index (χ2v) is 5.63. The summed E-state index contributed by atoms with van der Waals surface area (Å²) in [5.74, 6) is 0.654. The molecule has 2 atom stereocenters. The molecule has 0 saturated carbocycles. The fourth-order valence-electron chi connectivity index (χ4n) is 2.51. The van der Waals surface area contributed by atoms with Gasteiger partial charge in [-0.15, -0.1) is 0 Å². The second-order valence-electron chi connectivity index (χ2n) is 5.63. The van der Waals surface area contributed by atoms with Gasteiger partial charge in [0.15, 0.2) is 0 Å². The molecule has 0 aliphatic carbocycles. The Morgan fingerprint density at radius 1 is 1.45 bits per heavy atom. The second kappa shape index (κ2) is 7.84. The third kappa shape index (κ3) is 4.24. The van der Waals surface area contributed by atoms with Crippen LogP contribution in [0.3, 0.4) is 0 Å². The number of hydrogen-bond acceptors (Lipinski definition) is 4. The Balaban J connectivity index is 2.39. The van der Waals surface area contributed by atoms with Crippen LogP contribution in [-0.2, 0) is 4.79 Å². The Bertz CT molecular complexity index is 580. The molecule has 0 saturated heterocycles. The zero-order valence-corrected chi connectivity index (χ0v) is 13.2. The lowest BCUT2D eigenvalue weighted by Gasteiger charge is -2.19. The summed E-state index contributed by atoms with van der Waals surface area (Å²) >= 11 is 0. The van der Waals surface area contributed by atoms with Crippen molar-refractivity contribution < 1.29 is 4.79 Å². The fourth-order valence-corrected chi connectivity index (χ4v) is 2.51. The Labute approximate surface area is 131 Å². The van der Waals surface area contributed by atoms with Crippen molar-refractivity contribution in [1.29, 1.82) is 0 Å². The summed E-state index contributed by atoms with van der Waals surface area (Å²) in [7, 11) is 0. The predicted molar refractivity (Wildman–Crippen MR) is 88.4 cm³/mol. The van der Waals surface area contributed by atoms with Crippen LogP contribution in [0.15, 0.2) is 35.6 Å². The van der Waals surface area contributed by atoms with E-state index >= 15 is 0 Å². The highest BCUT2D eigenvalue weighted by molar-refractivity contribution is 6.01. The van der Waals surface area contributed by atoms with Crippen LogP contribution in [-0.4, -0.2) is 16.7 Å². The van der Waals surface area contributed by atoms with Crippen LogP contribution in [0, 0.1) is 0 Å². The molecule has 3 N–H and O–H groups in total. The first kappa shape index (κ1) is 16.4. The van der Waals surface area contributed by atoms with Gasteiger partial charge in [0.25, 0.3) is 0 Å². The van der Waals surface area contributed by atoms with Crippen molar-refractivity contribution in [2.45, 2.75) is 51.5 Å². The molecule has 2 bridgehead atoms. The summed E-state index contributed by atoms with van der Waals surface area (Å²) < 4.78 is 0. The van der Waals surface area contributed by atoms with Gasteiger partial charge < -0.3 is 11.1 Å². The van der Waals surface area contributed by atoms with Crippen LogP contribution in [0.5, 0.6) is 0 Å². The van der Waals surface area contributed by atoms with Gasteiger partial charge in [0.05, 0.1) is 5.69 Å². The van der Waals surface area contributed by atoms with E-state index in [-0.39, 0.29) is 17.9 Å². The quantitative estimate of drug-likeness (QED) is 0.837. The van der Waals surface area contributed by atoms with Gasteiger partial charge in [-0.2, -0.15) is 0 Å². The highest BCUT2D eigenvalue weighted by atomic mass is 16.1. The maximum absolute atomic E-state index is 12.1. The topological polar surface area (TPSA) is 80.4 Å². The van der Waals surface area contributed by atoms with Crippen LogP contribution in [0.1, 0.15) is 62.7 Å². The number of allylic oxidation sites excluding steroid dienone is 1. The predicted octanol–water partition coefficient (Wildman–Crippen LogP) is 2.81. The largest absolute Gasteiger partial charge is 0.323 e. The van der Waals surface area contributed by atoms with Crippen molar-refractivity contribution in [2.24, 2.45) is 10.7 Å². The zero-order chi connectivity index (χ0) is 15.9. The first-order chi connectivity index (χ1) is 10.6.